The van der Waals surface area contributed by atoms with Crippen molar-refractivity contribution in [1.82, 2.24) is 10.2 Å². The maximum Gasteiger partial charge on any atom is 0.320 e. The number of carbonyl (C=O) groups is 2. The maximum atomic E-state index is 12.0. The molecule has 0 saturated carbocycles. The monoisotopic (exact) mass is 280 g/mol. The molecule has 7 nitrogen and oxygen atoms in total. The second-order valence-corrected chi connectivity index (χ2v) is 4.64. The van der Waals surface area contributed by atoms with E-state index in [1.54, 1.807) is 13.8 Å². The molecule has 0 aromatic heterocycles. The van der Waals surface area contributed by atoms with Crippen molar-refractivity contribution >= 4 is 11.9 Å². The summed E-state index contributed by atoms with van der Waals surface area (Å²) in [6.45, 7) is 3.88. The van der Waals surface area contributed by atoms with Gasteiger partial charge in [0.2, 0.25) is 5.91 Å². The van der Waals surface area contributed by atoms with Crippen molar-refractivity contribution in [2.24, 2.45) is 5.92 Å². The van der Waals surface area contributed by atoms with Crippen LogP contribution in [0.5, 0.6) is 0 Å². The highest BCUT2D eigenvalue weighted by Gasteiger charge is 2.22. The molecule has 0 aromatic carbocycles. The zero-order valence-electron chi connectivity index (χ0n) is 11.8. The van der Waals surface area contributed by atoms with Crippen LogP contribution in [0.2, 0.25) is 0 Å². The van der Waals surface area contributed by atoms with Gasteiger partial charge in [-0.1, -0.05) is 13.8 Å². The fraction of sp³-hybridized carbons (Fsp3) is 0.692. The molecule has 0 aliphatic rings. The van der Waals surface area contributed by atoms with Crippen molar-refractivity contribution in [2.75, 3.05) is 19.6 Å². The third-order valence-electron chi connectivity index (χ3n) is 2.75. The summed E-state index contributed by atoms with van der Waals surface area (Å²) in [7, 11) is 0. The highest BCUT2D eigenvalue weighted by atomic mass is 16.4. The Morgan fingerprint density at radius 1 is 1.20 bits per heavy atom. The number of nitriles is 2. The number of hydrogen-bond acceptors (Lipinski definition) is 5. The third-order valence-corrected chi connectivity index (χ3v) is 2.75. The van der Waals surface area contributed by atoms with Crippen LogP contribution in [0.25, 0.3) is 0 Å². The van der Waals surface area contributed by atoms with Gasteiger partial charge in [0, 0.05) is 13.1 Å². The molecule has 7 heteroatoms. The number of nitrogens with one attached hydrogen (secondary N) is 1. The first-order valence-electron chi connectivity index (χ1n) is 6.41. The lowest BCUT2D eigenvalue weighted by molar-refractivity contribution is -0.141. The summed E-state index contributed by atoms with van der Waals surface area (Å²) in [4.78, 5) is 24.4. The standard InChI is InChI=1S/C13H20N4O3/c1-10(2)12(13(19)20)16-9-11(18)17(7-3-5-14)8-4-6-15/h10,12,16H,3-4,7-9H2,1-2H3,(H,19,20). The lowest BCUT2D eigenvalue weighted by Crippen LogP contribution is -2.47. The highest BCUT2D eigenvalue weighted by molar-refractivity contribution is 5.80. The second-order valence-electron chi connectivity index (χ2n) is 4.64. The molecule has 1 amide bonds. The molecule has 1 atom stereocenters. The Morgan fingerprint density at radius 2 is 1.70 bits per heavy atom. The lowest BCUT2D eigenvalue weighted by Gasteiger charge is -2.23. The van der Waals surface area contributed by atoms with Gasteiger partial charge in [-0.3, -0.25) is 14.9 Å². The van der Waals surface area contributed by atoms with Crippen LogP contribution >= 0.6 is 0 Å². The second kappa shape index (κ2) is 9.76. The molecule has 1 unspecified atom stereocenters. The van der Waals surface area contributed by atoms with E-state index in [0.717, 1.165) is 0 Å². The van der Waals surface area contributed by atoms with Gasteiger partial charge in [0.1, 0.15) is 6.04 Å². The van der Waals surface area contributed by atoms with Crippen molar-refractivity contribution in [3.63, 3.8) is 0 Å². The number of carboxylic acid groups (broad SMARTS) is 1. The summed E-state index contributed by atoms with van der Waals surface area (Å²) in [5.74, 6) is -1.46. The lowest BCUT2D eigenvalue weighted by atomic mass is 10.1. The van der Waals surface area contributed by atoms with Crippen molar-refractivity contribution in [3.8, 4) is 12.1 Å². The van der Waals surface area contributed by atoms with Gasteiger partial charge in [0.05, 0.1) is 31.5 Å². The number of amides is 1. The Labute approximate surface area is 118 Å². The molecule has 0 bridgehead atoms. The Morgan fingerprint density at radius 3 is 2.05 bits per heavy atom. The van der Waals surface area contributed by atoms with Gasteiger partial charge in [0.15, 0.2) is 0 Å². The fourth-order valence-corrected chi connectivity index (χ4v) is 1.65. The number of rotatable bonds is 9. The minimum Gasteiger partial charge on any atom is -0.480 e. The van der Waals surface area contributed by atoms with Gasteiger partial charge in [0.25, 0.3) is 0 Å². The molecule has 0 fully saturated rings. The third kappa shape index (κ3) is 6.72. The number of carboxylic acids is 1. The molecule has 0 aliphatic carbocycles. The highest BCUT2D eigenvalue weighted by Crippen LogP contribution is 2.02. The van der Waals surface area contributed by atoms with Gasteiger partial charge in [-0.05, 0) is 5.92 Å². The van der Waals surface area contributed by atoms with Crippen LogP contribution in [-0.2, 0) is 9.59 Å². The molecule has 0 radical (unpaired) electrons. The van der Waals surface area contributed by atoms with Crippen LogP contribution in [-0.4, -0.2) is 47.6 Å². The Kier molecular flexibility index (Phi) is 8.73. The molecule has 0 spiro atoms. The Balaban J connectivity index is 4.47. The molecule has 110 valence electrons. The quantitative estimate of drug-likeness (QED) is 0.629. The zero-order chi connectivity index (χ0) is 15.5. The summed E-state index contributed by atoms with van der Waals surface area (Å²) >= 11 is 0. The van der Waals surface area contributed by atoms with E-state index in [9.17, 15) is 9.59 Å². The SMILES string of the molecule is CC(C)C(NCC(=O)N(CCC#N)CCC#N)C(=O)O. The van der Waals surface area contributed by atoms with E-state index in [1.807, 2.05) is 12.1 Å². The van der Waals surface area contributed by atoms with Crippen LogP contribution in [0.3, 0.4) is 0 Å². The first-order chi connectivity index (χ1) is 9.43. The number of aliphatic carboxylic acids is 1. The number of nitrogens with zero attached hydrogens (tertiary/aromatic N) is 3. The number of carbonyl (C=O) groups excluding carboxylic acids is 1. The minimum absolute atomic E-state index is 0.119. The van der Waals surface area contributed by atoms with Crippen LogP contribution in [0.15, 0.2) is 0 Å². The normalized spacial score (nSPS) is 11.4. The van der Waals surface area contributed by atoms with Gasteiger partial charge >= 0.3 is 5.97 Å². The molecular formula is C13H20N4O3. The first-order valence-corrected chi connectivity index (χ1v) is 6.41. The van der Waals surface area contributed by atoms with Crippen LogP contribution in [0, 0.1) is 28.6 Å². The fourth-order valence-electron chi connectivity index (χ4n) is 1.65. The zero-order valence-corrected chi connectivity index (χ0v) is 11.8. The molecule has 0 saturated heterocycles. The molecule has 0 aromatic rings. The summed E-state index contributed by atoms with van der Waals surface area (Å²) in [5.41, 5.74) is 0. The predicted molar refractivity (Wildman–Crippen MR) is 71.3 cm³/mol. The van der Waals surface area contributed by atoms with E-state index < -0.39 is 12.0 Å². The van der Waals surface area contributed by atoms with Gasteiger partial charge < -0.3 is 10.0 Å². The van der Waals surface area contributed by atoms with Crippen molar-refractivity contribution in [1.29, 1.82) is 10.5 Å². The molecular weight excluding hydrogens is 260 g/mol. The Hall–Kier alpha value is -2.12. The average molecular weight is 280 g/mol. The predicted octanol–water partition coefficient (Wildman–Crippen LogP) is 0.341. The van der Waals surface area contributed by atoms with Crippen LogP contribution in [0.4, 0.5) is 0 Å². The molecule has 0 rings (SSSR count). The van der Waals surface area contributed by atoms with E-state index >= 15 is 0 Å². The summed E-state index contributed by atoms with van der Waals surface area (Å²) in [6, 6.07) is 3.08. The maximum absolute atomic E-state index is 12.0. The van der Waals surface area contributed by atoms with Crippen LogP contribution in [0.1, 0.15) is 26.7 Å². The average Bonchev–Trinajstić information content (AvgIpc) is 2.38. The van der Waals surface area contributed by atoms with Crippen molar-refractivity contribution in [3.05, 3.63) is 0 Å². The Bertz CT molecular complexity index is 391. The summed E-state index contributed by atoms with van der Waals surface area (Å²) in [5, 5.41) is 28.8. The summed E-state index contributed by atoms with van der Waals surface area (Å²) < 4.78 is 0. The topological polar surface area (TPSA) is 117 Å². The largest absolute Gasteiger partial charge is 0.480 e. The van der Waals surface area contributed by atoms with Gasteiger partial charge in [-0.25, -0.2) is 0 Å². The van der Waals surface area contributed by atoms with E-state index in [4.69, 9.17) is 15.6 Å². The smallest absolute Gasteiger partial charge is 0.320 e. The van der Waals surface area contributed by atoms with Crippen molar-refractivity contribution in [2.45, 2.75) is 32.7 Å². The molecule has 2 N–H and O–H groups in total. The molecule has 20 heavy (non-hydrogen) atoms. The van der Waals surface area contributed by atoms with E-state index in [2.05, 4.69) is 5.32 Å². The van der Waals surface area contributed by atoms with E-state index in [0.29, 0.717) is 0 Å². The van der Waals surface area contributed by atoms with Gasteiger partial charge in [-0.2, -0.15) is 10.5 Å². The number of hydrogen-bond donors (Lipinski definition) is 2. The van der Waals surface area contributed by atoms with Gasteiger partial charge in [-0.15, -0.1) is 0 Å². The summed E-state index contributed by atoms with van der Waals surface area (Å²) in [6.07, 6.45) is 0.368. The van der Waals surface area contributed by atoms with E-state index in [1.165, 1.54) is 4.90 Å². The van der Waals surface area contributed by atoms with E-state index in [-0.39, 0.29) is 44.3 Å². The molecule has 0 heterocycles. The van der Waals surface area contributed by atoms with Crippen LogP contribution < -0.4 is 5.32 Å². The minimum atomic E-state index is -1.01. The van der Waals surface area contributed by atoms with Crippen molar-refractivity contribution < 1.29 is 14.7 Å². The first kappa shape index (κ1) is 17.9. The molecule has 0 aliphatic heterocycles.